The van der Waals surface area contributed by atoms with E-state index in [9.17, 15) is 4.79 Å². The van der Waals surface area contributed by atoms with Crippen molar-refractivity contribution >= 4 is 22.4 Å². The highest BCUT2D eigenvalue weighted by Crippen LogP contribution is 2.33. The van der Waals surface area contributed by atoms with Gasteiger partial charge in [0.15, 0.2) is 16.6 Å². The standard InChI is InChI=1S/C21H26N4O3S/c1-12(10-25-15(4)13(2)14(3)24-25)20(26)23-21-22-17(11-29-21)16-7-8-18(27-5)19(9-16)28-6/h7-9,11-12H,10H2,1-6H3,(H,22,23,26). The van der Waals surface area contributed by atoms with Crippen molar-refractivity contribution in [3.05, 3.63) is 40.5 Å². The summed E-state index contributed by atoms with van der Waals surface area (Å²) in [4.78, 5) is 17.2. The Kier molecular flexibility index (Phi) is 6.22. The number of thiazole rings is 1. The molecule has 0 fully saturated rings. The topological polar surface area (TPSA) is 78.3 Å². The highest BCUT2D eigenvalue weighted by Gasteiger charge is 2.18. The predicted molar refractivity (Wildman–Crippen MR) is 115 cm³/mol. The number of methoxy groups -OCH3 is 2. The molecule has 0 aliphatic carbocycles. The van der Waals surface area contributed by atoms with Crippen molar-refractivity contribution in [2.45, 2.75) is 34.2 Å². The molecular weight excluding hydrogens is 388 g/mol. The third kappa shape index (κ3) is 4.42. The molecule has 1 atom stereocenters. The van der Waals surface area contributed by atoms with Gasteiger partial charge in [-0.25, -0.2) is 4.98 Å². The van der Waals surface area contributed by atoms with Gasteiger partial charge in [-0.3, -0.25) is 9.48 Å². The number of aryl methyl sites for hydroxylation is 1. The van der Waals surface area contributed by atoms with E-state index in [1.807, 2.05) is 56.0 Å². The molecule has 2 heterocycles. The largest absolute Gasteiger partial charge is 0.493 e. The van der Waals surface area contributed by atoms with Crippen LogP contribution in [0.1, 0.15) is 23.9 Å². The van der Waals surface area contributed by atoms with Gasteiger partial charge in [0, 0.05) is 16.6 Å². The maximum atomic E-state index is 12.6. The highest BCUT2D eigenvalue weighted by molar-refractivity contribution is 7.14. The minimum Gasteiger partial charge on any atom is -0.493 e. The molecule has 0 saturated heterocycles. The zero-order valence-corrected chi connectivity index (χ0v) is 18.4. The molecule has 1 N–H and O–H groups in total. The quantitative estimate of drug-likeness (QED) is 0.626. The number of nitrogens with one attached hydrogen (secondary N) is 1. The second-order valence-corrected chi connectivity index (χ2v) is 7.83. The Morgan fingerprint density at radius 1 is 1.21 bits per heavy atom. The average Bonchev–Trinajstić information content (AvgIpc) is 3.28. The van der Waals surface area contributed by atoms with Gasteiger partial charge in [-0.15, -0.1) is 11.3 Å². The number of amides is 1. The Labute approximate surface area is 174 Å². The molecule has 29 heavy (non-hydrogen) atoms. The Morgan fingerprint density at radius 2 is 1.93 bits per heavy atom. The molecule has 0 aliphatic heterocycles. The van der Waals surface area contributed by atoms with Crippen LogP contribution in [0, 0.1) is 26.7 Å². The zero-order valence-electron chi connectivity index (χ0n) is 17.6. The molecule has 0 aliphatic rings. The first kappa shape index (κ1) is 20.9. The minimum atomic E-state index is -0.235. The van der Waals surface area contributed by atoms with E-state index in [0.29, 0.717) is 23.2 Å². The van der Waals surface area contributed by atoms with Gasteiger partial charge in [-0.1, -0.05) is 6.92 Å². The number of aromatic nitrogens is 3. The minimum absolute atomic E-state index is 0.0802. The number of nitrogens with zero attached hydrogens (tertiary/aromatic N) is 3. The normalized spacial score (nSPS) is 11.9. The van der Waals surface area contributed by atoms with Crippen molar-refractivity contribution in [3.8, 4) is 22.8 Å². The van der Waals surface area contributed by atoms with Gasteiger partial charge >= 0.3 is 0 Å². The number of hydrogen-bond acceptors (Lipinski definition) is 6. The van der Waals surface area contributed by atoms with Crippen LogP contribution in [0.25, 0.3) is 11.3 Å². The first-order valence-electron chi connectivity index (χ1n) is 9.33. The first-order valence-corrected chi connectivity index (χ1v) is 10.2. The lowest BCUT2D eigenvalue weighted by atomic mass is 10.1. The summed E-state index contributed by atoms with van der Waals surface area (Å²) >= 11 is 1.39. The monoisotopic (exact) mass is 414 g/mol. The summed E-state index contributed by atoms with van der Waals surface area (Å²) in [7, 11) is 3.20. The number of rotatable bonds is 7. The van der Waals surface area contributed by atoms with Crippen molar-refractivity contribution in [2.75, 3.05) is 19.5 Å². The van der Waals surface area contributed by atoms with E-state index in [1.54, 1.807) is 14.2 Å². The van der Waals surface area contributed by atoms with Crippen LogP contribution >= 0.6 is 11.3 Å². The Balaban J connectivity index is 1.69. The third-order valence-electron chi connectivity index (χ3n) is 5.05. The van der Waals surface area contributed by atoms with Gasteiger partial charge in [0.2, 0.25) is 5.91 Å². The molecule has 0 bridgehead atoms. The molecule has 154 valence electrons. The second-order valence-electron chi connectivity index (χ2n) is 6.98. The smallest absolute Gasteiger partial charge is 0.230 e. The van der Waals surface area contributed by atoms with E-state index in [2.05, 4.69) is 15.4 Å². The van der Waals surface area contributed by atoms with E-state index < -0.39 is 0 Å². The Bertz CT molecular complexity index is 1030. The maximum absolute atomic E-state index is 12.6. The summed E-state index contributed by atoms with van der Waals surface area (Å²) in [6, 6.07) is 5.62. The van der Waals surface area contributed by atoms with E-state index in [4.69, 9.17) is 9.47 Å². The summed E-state index contributed by atoms with van der Waals surface area (Å²) in [5.74, 6) is 0.981. The number of benzene rings is 1. The van der Waals surface area contributed by atoms with E-state index in [-0.39, 0.29) is 11.8 Å². The SMILES string of the molecule is COc1ccc(-c2csc(NC(=O)C(C)Cn3nc(C)c(C)c3C)n2)cc1OC. The molecule has 0 saturated carbocycles. The van der Waals surface area contributed by atoms with Crippen molar-refractivity contribution in [2.24, 2.45) is 5.92 Å². The summed E-state index contributed by atoms with van der Waals surface area (Å²) in [5, 5.41) is 9.91. The molecule has 0 spiro atoms. The summed E-state index contributed by atoms with van der Waals surface area (Å²) < 4.78 is 12.5. The van der Waals surface area contributed by atoms with Gasteiger partial charge in [0.05, 0.1) is 38.1 Å². The molecule has 1 amide bonds. The molecule has 0 radical (unpaired) electrons. The van der Waals surface area contributed by atoms with Crippen LogP contribution in [0.2, 0.25) is 0 Å². The summed E-state index contributed by atoms with van der Waals surface area (Å²) in [6.07, 6.45) is 0. The van der Waals surface area contributed by atoms with Crippen LogP contribution in [-0.4, -0.2) is 34.9 Å². The molecule has 1 aromatic carbocycles. The van der Waals surface area contributed by atoms with E-state index in [0.717, 1.165) is 28.2 Å². The van der Waals surface area contributed by atoms with E-state index >= 15 is 0 Å². The molecular formula is C21H26N4O3S. The Hall–Kier alpha value is -2.87. The summed E-state index contributed by atoms with van der Waals surface area (Å²) in [5.41, 5.74) is 4.91. The zero-order chi connectivity index (χ0) is 21.1. The van der Waals surface area contributed by atoms with Gasteiger partial charge in [0.1, 0.15) is 0 Å². The number of carbonyl (C=O) groups is 1. The maximum Gasteiger partial charge on any atom is 0.230 e. The van der Waals surface area contributed by atoms with Crippen LogP contribution in [0.3, 0.4) is 0 Å². The first-order chi connectivity index (χ1) is 13.8. The molecule has 7 nitrogen and oxygen atoms in total. The van der Waals surface area contributed by atoms with Crippen molar-refractivity contribution < 1.29 is 14.3 Å². The van der Waals surface area contributed by atoms with Crippen molar-refractivity contribution in [1.29, 1.82) is 0 Å². The van der Waals surface area contributed by atoms with Crippen LogP contribution in [0.5, 0.6) is 11.5 Å². The fraction of sp³-hybridized carbons (Fsp3) is 0.381. The van der Waals surface area contributed by atoms with Crippen LogP contribution in [-0.2, 0) is 11.3 Å². The number of ether oxygens (including phenoxy) is 2. The fourth-order valence-corrected chi connectivity index (χ4v) is 3.72. The lowest BCUT2D eigenvalue weighted by molar-refractivity contribution is -0.119. The number of carbonyl (C=O) groups excluding carboxylic acids is 1. The van der Waals surface area contributed by atoms with Gasteiger partial charge in [0.25, 0.3) is 0 Å². The highest BCUT2D eigenvalue weighted by atomic mass is 32.1. The fourth-order valence-electron chi connectivity index (χ4n) is 2.99. The van der Waals surface area contributed by atoms with Crippen molar-refractivity contribution in [1.82, 2.24) is 14.8 Å². The molecule has 1 unspecified atom stereocenters. The van der Waals surface area contributed by atoms with Gasteiger partial charge in [-0.2, -0.15) is 5.10 Å². The lowest BCUT2D eigenvalue weighted by Gasteiger charge is -2.12. The number of anilines is 1. The lowest BCUT2D eigenvalue weighted by Crippen LogP contribution is -2.25. The Morgan fingerprint density at radius 3 is 2.55 bits per heavy atom. The van der Waals surface area contributed by atoms with Gasteiger partial charge in [-0.05, 0) is 44.5 Å². The van der Waals surface area contributed by atoms with E-state index in [1.165, 1.54) is 11.3 Å². The molecule has 2 aromatic heterocycles. The van der Waals surface area contributed by atoms with Gasteiger partial charge < -0.3 is 14.8 Å². The van der Waals surface area contributed by atoms with Crippen LogP contribution in [0.4, 0.5) is 5.13 Å². The third-order valence-corrected chi connectivity index (χ3v) is 5.81. The predicted octanol–water partition coefficient (Wildman–Crippen LogP) is 4.22. The second kappa shape index (κ2) is 8.65. The molecule has 8 heteroatoms. The number of hydrogen-bond donors (Lipinski definition) is 1. The van der Waals surface area contributed by atoms with Crippen LogP contribution in [0.15, 0.2) is 23.6 Å². The van der Waals surface area contributed by atoms with Crippen molar-refractivity contribution in [3.63, 3.8) is 0 Å². The van der Waals surface area contributed by atoms with Crippen LogP contribution < -0.4 is 14.8 Å². The molecule has 3 rings (SSSR count). The average molecular weight is 415 g/mol. The molecule has 3 aromatic rings. The summed E-state index contributed by atoms with van der Waals surface area (Å²) in [6.45, 7) is 8.47.